The van der Waals surface area contributed by atoms with E-state index < -0.39 is 5.82 Å². The number of carbonyl (C=O) groups is 2. The Bertz CT molecular complexity index is 1210. The molecule has 0 aliphatic carbocycles. The molecule has 0 bridgehead atoms. The van der Waals surface area contributed by atoms with Crippen LogP contribution in [0.4, 0.5) is 15.8 Å². The molecule has 3 rings (SSSR count). The Labute approximate surface area is 220 Å². The number of hydrogen-bond donors (Lipinski definition) is 1. The highest BCUT2D eigenvalue weighted by atomic mass is 19.1. The van der Waals surface area contributed by atoms with Crippen LogP contribution in [0.2, 0.25) is 0 Å². The van der Waals surface area contributed by atoms with Gasteiger partial charge in [0.2, 0.25) is 5.91 Å². The zero-order chi connectivity index (χ0) is 27.1. The van der Waals surface area contributed by atoms with Crippen molar-refractivity contribution in [2.75, 3.05) is 24.3 Å². The number of hydrogen-bond acceptors (Lipinski definition) is 3. The van der Waals surface area contributed by atoms with Gasteiger partial charge in [0, 0.05) is 43.6 Å². The van der Waals surface area contributed by atoms with Gasteiger partial charge in [-0.3, -0.25) is 9.59 Å². The summed E-state index contributed by atoms with van der Waals surface area (Å²) in [5.41, 5.74) is 3.74. The second-order valence-corrected chi connectivity index (χ2v) is 10.0. The van der Waals surface area contributed by atoms with Gasteiger partial charge in [-0.15, -0.1) is 0 Å². The summed E-state index contributed by atoms with van der Waals surface area (Å²) in [5, 5.41) is 2.88. The molecule has 0 fully saturated rings. The molecule has 196 valence electrons. The van der Waals surface area contributed by atoms with Crippen molar-refractivity contribution in [3.63, 3.8) is 0 Å². The predicted octanol–water partition coefficient (Wildman–Crippen LogP) is 6.71. The number of nitrogens with zero attached hydrogens (tertiary/aromatic N) is 2. The first kappa shape index (κ1) is 27.9. The lowest BCUT2D eigenvalue weighted by Crippen LogP contribution is -2.43. The molecule has 3 aromatic rings. The van der Waals surface area contributed by atoms with E-state index in [1.54, 1.807) is 6.07 Å². The number of anilines is 2. The predicted molar refractivity (Wildman–Crippen MR) is 149 cm³/mol. The van der Waals surface area contributed by atoms with Crippen molar-refractivity contribution in [2.24, 2.45) is 5.92 Å². The van der Waals surface area contributed by atoms with E-state index in [-0.39, 0.29) is 35.3 Å². The number of rotatable bonds is 10. The van der Waals surface area contributed by atoms with E-state index in [4.69, 9.17) is 0 Å². The molecule has 0 saturated carbocycles. The van der Waals surface area contributed by atoms with Crippen LogP contribution in [0.1, 0.15) is 61.5 Å². The van der Waals surface area contributed by atoms with Crippen LogP contribution in [0.15, 0.2) is 72.8 Å². The molecule has 0 aromatic heterocycles. The molecule has 2 amide bonds. The maximum atomic E-state index is 14.0. The Kier molecular flexibility index (Phi) is 9.45. The average Bonchev–Trinajstić information content (AvgIpc) is 2.87. The summed E-state index contributed by atoms with van der Waals surface area (Å²) >= 11 is 0. The Morgan fingerprint density at radius 3 is 2.22 bits per heavy atom. The Balaban J connectivity index is 1.96. The fraction of sp³-hybridized carbons (Fsp3) is 0.355. The topological polar surface area (TPSA) is 52.7 Å². The van der Waals surface area contributed by atoms with Crippen molar-refractivity contribution in [2.45, 2.75) is 52.6 Å². The maximum Gasteiger partial charge on any atom is 0.255 e. The van der Waals surface area contributed by atoms with E-state index in [1.165, 1.54) is 18.2 Å². The summed E-state index contributed by atoms with van der Waals surface area (Å²) in [6, 6.07) is 21.2. The van der Waals surface area contributed by atoms with Crippen LogP contribution in [0.5, 0.6) is 0 Å². The molecule has 37 heavy (non-hydrogen) atoms. The molecule has 0 aliphatic rings. The summed E-state index contributed by atoms with van der Waals surface area (Å²) in [7, 11) is 3.92. The van der Waals surface area contributed by atoms with Gasteiger partial charge < -0.3 is 15.1 Å². The molecule has 2 atom stereocenters. The molecule has 0 heterocycles. The molecule has 5 nitrogen and oxygen atoms in total. The van der Waals surface area contributed by atoms with Crippen LogP contribution in [0, 0.1) is 11.7 Å². The lowest BCUT2D eigenvalue weighted by molar-refractivity contribution is -0.136. The third kappa shape index (κ3) is 6.97. The quantitative estimate of drug-likeness (QED) is 0.334. The molecule has 0 radical (unpaired) electrons. The lowest BCUT2D eigenvalue weighted by atomic mass is 9.92. The second-order valence-electron chi connectivity index (χ2n) is 10.0. The largest absolute Gasteiger partial charge is 0.377 e. The van der Waals surface area contributed by atoms with Crippen molar-refractivity contribution in [3.05, 3.63) is 95.3 Å². The van der Waals surface area contributed by atoms with Gasteiger partial charge in [-0.1, -0.05) is 57.2 Å². The smallest absolute Gasteiger partial charge is 0.255 e. The summed E-state index contributed by atoms with van der Waals surface area (Å²) in [6.45, 7) is 8.78. The van der Waals surface area contributed by atoms with Gasteiger partial charge in [0.05, 0.1) is 5.92 Å². The average molecular weight is 504 g/mol. The van der Waals surface area contributed by atoms with Crippen LogP contribution in [0.25, 0.3) is 0 Å². The van der Waals surface area contributed by atoms with E-state index in [9.17, 15) is 14.0 Å². The Hall–Kier alpha value is -3.67. The van der Waals surface area contributed by atoms with Crippen molar-refractivity contribution in [3.8, 4) is 0 Å². The molecular formula is C31H38FN3O2. The first-order valence-corrected chi connectivity index (χ1v) is 12.8. The first-order chi connectivity index (χ1) is 17.6. The third-order valence-corrected chi connectivity index (χ3v) is 6.89. The highest BCUT2D eigenvalue weighted by molar-refractivity contribution is 6.04. The van der Waals surface area contributed by atoms with E-state index in [0.29, 0.717) is 18.7 Å². The minimum absolute atomic E-state index is 0.00538. The van der Waals surface area contributed by atoms with Gasteiger partial charge in [0.25, 0.3) is 5.91 Å². The van der Waals surface area contributed by atoms with Crippen LogP contribution in [0.3, 0.4) is 0 Å². The molecule has 3 aromatic carbocycles. The van der Waals surface area contributed by atoms with E-state index in [0.717, 1.165) is 16.8 Å². The number of carbonyl (C=O) groups excluding carboxylic acids is 2. The molecule has 0 aliphatic heterocycles. The normalized spacial score (nSPS) is 12.6. The van der Waals surface area contributed by atoms with Gasteiger partial charge in [0.1, 0.15) is 5.82 Å². The van der Waals surface area contributed by atoms with Gasteiger partial charge in [-0.25, -0.2) is 4.39 Å². The van der Waals surface area contributed by atoms with Gasteiger partial charge in [0.15, 0.2) is 0 Å². The zero-order valence-corrected chi connectivity index (χ0v) is 22.7. The zero-order valence-electron chi connectivity index (χ0n) is 22.7. The maximum absolute atomic E-state index is 14.0. The molecule has 6 heteroatoms. The van der Waals surface area contributed by atoms with Crippen LogP contribution in [-0.4, -0.2) is 36.9 Å². The summed E-state index contributed by atoms with van der Waals surface area (Å²) in [5.74, 6) is -0.732. The number of halogens is 1. The highest BCUT2D eigenvalue weighted by Crippen LogP contribution is 2.30. The van der Waals surface area contributed by atoms with Crippen LogP contribution >= 0.6 is 0 Å². The monoisotopic (exact) mass is 503 g/mol. The fourth-order valence-electron chi connectivity index (χ4n) is 4.46. The van der Waals surface area contributed by atoms with Crippen LogP contribution in [-0.2, 0) is 11.3 Å². The number of amides is 2. The van der Waals surface area contributed by atoms with Crippen LogP contribution < -0.4 is 10.2 Å². The summed E-state index contributed by atoms with van der Waals surface area (Å²) in [6.07, 6.45) is 0.703. The Morgan fingerprint density at radius 1 is 0.919 bits per heavy atom. The van der Waals surface area contributed by atoms with Crippen molar-refractivity contribution in [1.29, 1.82) is 0 Å². The van der Waals surface area contributed by atoms with Gasteiger partial charge in [-0.05, 0) is 66.8 Å². The van der Waals surface area contributed by atoms with Gasteiger partial charge >= 0.3 is 0 Å². The van der Waals surface area contributed by atoms with E-state index in [2.05, 4.69) is 26.1 Å². The minimum Gasteiger partial charge on any atom is -0.377 e. The standard InChI is InChI=1S/C31H38FN3O2/c1-7-28(23-12-9-8-10-13-23)31(37)35(22(4)21(2)3)20-25-19-27(16-17-29(25)34(5)6)33-30(36)24-14-11-15-26(32)18-24/h8-19,21-22,28H,7,20H2,1-6H3,(H,33,36)/t22-,28-/m0/s1. The van der Waals surface area contributed by atoms with E-state index in [1.807, 2.05) is 79.3 Å². The van der Waals surface area contributed by atoms with Gasteiger partial charge in [-0.2, -0.15) is 0 Å². The summed E-state index contributed by atoms with van der Waals surface area (Å²) < 4.78 is 13.6. The van der Waals surface area contributed by atoms with Crippen molar-refractivity contribution < 1.29 is 14.0 Å². The third-order valence-electron chi connectivity index (χ3n) is 6.89. The highest BCUT2D eigenvalue weighted by Gasteiger charge is 2.30. The fourth-order valence-corrected chi connectivity index (χ4v) is 4.46. The second kappa shape index (κ2) is 12.5. The van der Waals surface area contributed by atoms with Crippen molar-refractivity contribution >= 4 is 23.2 Å². The number of nitrogens with one attached hydrogen (secondary N) is 1. The van der Waals surface area contributed by atoms with Crippen molar-refractivity contribution in [1.82, 2.24) is 4.90 Å². The minimum atomic E-state index is -0.461. The molecular weight excluding hydrogens is 465 g/mol. The van der Waals surface area contributed by atoms with E-state index >= 15 is 0 Å². The summed E-state index contributed by atoms with van der Waals surface area (Å²) in [4.78, 5) is 30.7. The first-order valence-electron chi connectivity index (χ1n) is 12.8. The molecule has 0 saturated heterocycles. The molecule has 0 unspecified atom stereocenters. The molecule has 1 N–H and O–H groups in total. The SMILES string of the molecule is CC[C@H](C(=O)N(Cc1cc(NC(=O)c2cccc(F)c2)ccc1N(C)C)[C@@H](C)C(C)C)c1ccccc1. The number of benzene rings is 3. The Morgan fingerprint density at radius 2 is 1.62 bits per heavy atom. The lowest BCUT2D eigenvalue weighted by Gasteiger charge is -2.36. The molecule has 0 spiro atoms.